The van der Waals surface area contributed by atoms with Crippen LogP contribution in [0.25, 0.3) is 0 Å². The lowest BCUT2D eigenvalue weighted by molar-refractivity contribution is -0.173. The molecule has 2 N–H and O–H groups in total. The van der Waals surface area contributed by atoms with Crippen LogP contribution in [0.2, 0.25) is 0 Å². The molecule has 0 saturated carbocycles. The third-order valence-corrected chi connectivity index (χ3v) is 2.30. The maximum absolute atomic E-state index is 11.5. The van der Waals surface area contributed by atoms with Crippen LogP contribution in [0.1, 0.15) is 33.1 Å². The summed E-state index contributed by atoms with van der Waals surface area (Å²) in [6.45, 7) is 3.90. The molecular formula is C10H22N2O2. The van der Waals surface area contributed by atoms with E-state index in [1.807, 2.05) is 13.8 Å². The number of carbonyl (C=O) groups is 1. The van der Waals surface area contributed by atoms with E-state index in [4.69, 9.17) is 10.6 Å². The van der Waals surface area contributed by atoms with Gasteiger partial charge in [0.2, 0.25) is 5.91 Å². The van der Waals surface area contributed by atoms with Gasteiger partial charge >= 0.3 is 0 Å². The van der Waals surface area contributed by atoms with E-state index >= 15 is 0 Å². The molecule has 0 aromatic rings. The number of rotatable bonds is 6. The molecule has 0 spiro atoms. The van der Waals surface area contributed by atoms with Gasteiger partial charge in [-0.25, -0.2) is 5.06 Å². The number of nitrogens with two attached hydrogens (primary N) is 1. The van der Waals surface area contributed by atoms with Gasteiger partial charge in [-0.05, 0) is 19.8 Å². The minimum atomic E-state index is 0.0127. The average molecular weight is 202 g/mol. The summed E-state index contributed by atoms with van der Waals surface area (Å²) < 4.78 is 0. The van der Waals surface area contributed by atoms with Gasteiger partial charge in [0.1, 0.15) is 0 Å². The zero-order chi connectivity index (χ0) is 11.1. The minimum absolute atomic E-state index is 0.0127. The third-order valence-electron chi connectivity index (χ3n) is 2.30. The van der Waals surface area contributed by atoms with E-state index in [1.54, 1.807) is 7.05 Å². The molecule has 2 unspecified atom stereocenters. The predicted molar refractivity (Wildman–Crippen MR) is 56.4 cm³/mol. The summed E-state index contributed by atoms with van der Waals surface area (Å²) in [6.07, 6.45) is 2.82. The lowest BCUT2D eigenvalue weighted by Gasteiger charge is -2.18. The summed E-state index contributed by atoms with van der Waals surface area (Å²) in [7, 11) is 3.12. The second-order valence-electron chi connectivity index (χ2n) is 3.83. The van der Waals surface area contributed by atoms with Gasteiger partial charge in [0, 0.05) is 19.0 Å². The number of amides is 1. The lowest BCUT2D eigenvalue weighted by Crippen LogP contribution is -2.30. The minimum Gasteiger partial charge on any atom is -0.328 e. The van der Waals surface area contributed by atoms with Gasteiger partial charge in [-0.3, -0.25) is 9.63 Å². The van der Waals surface area contributed by atoms with Gasteiger partial charge in [-0.15, -0.1) is 0 Å². The van der Waals surface area contributed by atoms with Crippen LogP contribution in [-0.4, -0.2) is 31.2 Å². The van der Waals surface area contributed by atoms with E-state index in [-0.39, 0.29) is 17.9 Å². The van der Waals surface area contributed by atoms with Crippen molar-refractivity contribution in [1.82, 2.24) is 5.06 Å². The number of hydrogen-bond donors (Lipinski definition) is 1. The van der Waals surface area contributed by atoms with E-state index < -0.39 is 0 Å². The van der Waals surface area contributed by atoms with Crippen molar-refractivity contribution in [3.05, 3.63) is 0 Å². The molecule has 0 aromatic heterocycles. The molecule has 0 aliphatic heterocycles. The van der Waals surface area contributed by atoms with Gasteiger partial charge in [0.05, 0.1) is 7.11 Å². The molecule has 0 fully saturated rings. The first-order valence-electron chi connectivity index (χ1n) is 5.06. The molecule has 84 valence electrons. The molecule has 0 aromatic carbocycles. The molecule has 4 nitrogen and oxygen atoms in total. The average Bonchev–Trinajstić information content (AvgIpc) is 2.14. The third kappa shape index (κ3) is 5.19. The molecule has 0 aliphatic carbocycles. The fourth-order valence-corrected chi connectivity index (χ4v) is 1.27. The van der Waals surface area contributed by atoms with Crippen molar-refractivity contribution in [3.63, 3.8) is 0 Å². The summed E-state index contributed by atoms with van der Waals surface area (Å²) in [5, 5.41) is 1.27. The molecule has 2 atom stereocenters. The van der Waals surface area contributed by atoms with Crippen LogP contribution in [0.15, 0.2) is 0 Å². The largest absolute Gasteiger partial charge is 0.328 e. The Labute approximate surface area is 86.4 Å². The Bertz CT molecular complexity index is 172. The highest BCUT2D eigenvalue weighted by Crippen LogP contribution is 2.11. The van der Waals surface area contributed by atoms with Crippen LogP contribution < -0.4 is 5.73 Å². The Hall–Kier alpha value is -0.610. The monoisotopic (exact) mass is 202 g/mol. The van der Waals surface area contributed by atoms with Gasteiger partial charge < -0.3 is 5.73 Å². The second kappa shape index (κ2) is 6.79. The van der Waals surface area contributed by atoms with Crippen LogP contribution >= 0.6 is 0 Å². The van der Waals surface area contributed by atoms with Crippen molar-refractivity contribution in [2.24, 2.45) is 11.7 Å². The van der Waals surface area contributed by atoms with Crippen LogP contribution in [0.5, 0.6) is 0 Å². The number of hydrogen-bond acceptors (Lipinski definition) is 3. The van der Waals surface area contributed by atoms with Crippen LogP contribution in [0.4, 0.5) is 0 Å². The fourth-order valence-electron chi connectivity index (χ4n) is 1.27. The van der Waals surface area contributed by atoms with E-state index in [0.717, 1.165) is 19.3 Å². The molecule has 0 bridgehead atoms. The number of carbonyl (C=O) groups excluding carboxylic acids is 1. The van der Waals surface area contributed by atoms with Crippen molar-refractivity contribution >= 4 is 5.91 Å². The summed E-state index contributed by atoms with van der Waals surface area (Å²) in [5.74, 6) is 0.0378. The molecule has 0 aliphatic rings. The highest BCUT2D eigenvalue weighted by atomic mass is 16.7. The molecular weight excluding hydrogens is 180 g/mol. The van der Waals surface area contributed by atoms with Crippen LogP contribution in [0, 0.1) is 5.92 Å². The van der Waals surface area contributed by atoms with Gasteiger partial charge in [0.25, 0.3) is 0 Å². The summed E-state index contributed by atoms with van der Waals surface area (Å²) >= 11 is 0. The Balaban J connectivity index is 3.73. The number of hydroxylamine groups is 2. The molecule has 1 amide bonds. The van der Waals surface area contributed by atoms with E-state index in [2.05, 4.69) is 0 Å². The molecule has 0 saturated heterocycles. The Morgan fingerprint density at radius 1 is 1.43 bits per heavy atom. The van der Waals surface area contributed by atoms with E-state index in [0.29, 0.717) is 0 Å². The predicted octanol–water partition coefficient (Wildman–Crippen LogP) is 1.16. The molecule has 14 heavy (non-hydrogen) atoms. The quantitative estimate of drug-likeness (QED) is 0.658. The highest BCUT2D eigenvalue weighted by molar-refractivity contribution is 5.77. The second-order valence-corrected chi connectivity index (χ2v) is 3.83. The summed E-state index contributed by atoms with van der Waals surface area (Å²) in [5.41, 5.74) is 5.62. The summed E-state index contributed by atoms with van der Waals surface area (Å²) in [6, 6.07) is 0.220. The highest BCUT2D eigenvalue weighted by Gasteiger charge is 2.16. The van der Waals surface area contributed by atoms with Crippen molar-refractivity contribution < 1.29 is 9.63 Å². The smallest absolute Gasteiger partial charge is 0.248 e. The zero-order valence-electron chi connectivity index (χ0n) is 9.62. The van der Waals surface area contributed by atoms with Crippen LogP contribution in [-0.2, 0) is 9.63 Å². The maximum Gasteiger partial charge on any atom is 0.248 e. The first-order valence-corrected chi connectivity index (χ1v) is 5.06. The fraction of sp³-hybridized carbons (Fsp3) is 0.900. The van der Waals surface area contributed by atoms with Crippen LogP contribution in [0.3, 0.4) is 0 Å². The van der Waals surface area contributed by atoms with E-state index in [1.165, 1.54) is 12.2 Å². The normalized spacial score (nSPS) is 14.9. The Morgan fingerprint density at radius 2 is 2.00 bits per heavy atom. The van der Waals surface area contributed by atoms with Gasteiger partial charge in [-0.1, -0.05) is 13.3 Å². The topological polar surface area (TPSA) is 55.6 Å². The zero-order valence-corrected chi connectivity index (χ0v) is 9.62. The molecule has 0 radical (unpaired) electrons. The molecule has 0 heterocycles. The van der Waals surface area contributed by atoms with Gasteiger partial charge in [0.15, 0.2) is 0 Å². The van der Waals surface area contributed by atoms with Gasteiger partial charge in [-0.2, -0.15) is 0 Å². The van der Waals surface area contributed by atoms with E-state index in [9.17, 15) is 4.79 Å². The Kier molecular flexibility index (Phi) is 6.49. The lowest BCUT2D eigenvalue weighted by atomic mass is 10.0. The molecule has 0 rings (SSSR count). The first-order chi connectivity index (χ1) is 6.49. The van der Waals surface area contributed by atoms with Crippen molar-refractivity contribution in [2.75, 3.05) is 14.2 Å². The number of nitrogens with zero attached hydrogens (tertiary/aromatic N) is 1. The van der Waals surface area contributed by atoms with Crippen molar-refractivity contribution in [2.45, 2.75) is 39.2 Å². The summed E-state index contributed by atoms with van der Waals surface area (Å²) in [4.78, 5) is 16.3. The standard InChI is InChI=1S/C10H22N2O2/c1-8(6-5-7-9(2)11)10(13)12(3)14-4/h8-9H,5-7,11H2,1-4H3. The first kappa shape index (κ1) is 13.4. The SMILES string of the molecule is CON(C)C(=O)C(C)CCCC(C)N. The van der Waals surface area contributed by atoms with Crippen molar-refractivity contribution in [1.29, 1.82) is 0 Å². The maximum atomic E-state index is 11.5. The van der Waals surface area contributed by atoms with Crippen molar-refractivity contribution in [3.8, 4) is 0 Å². The molecule has 4 heteroatoms. The Morgan fingerprint density at radius 3 is 2.43 bits per heavy atom.